The standard InChI is InChI=1S/C42H52N6O4/c1-6-8-14-31(3)24-41(51)48(23-7-2)30-40(50)46-36-20-18-34(19-21-36)42-44-27-38(52-42)35-17-13-22-43-39(45-32(4)25-35)29-47(5)28-37(49)26-33-15-11-9-10-12-16-33/h6,8-11,13-22,25,27,40,46,50H,7,12,23-24,26,28-30H2,1-5H3,(H,43,45)/b8-6-,22-13?,31-14+,32-25?,35-17?. The Kier molecular flexibility index (Phi) is 15.6. The molecule has 274 valence electrons. The molecular weight excluding hydrogens is 652 g/mol. The van der Waals surface area contributed by atoms with Crippen LogP contribution in [0.15, 0.2) is 119 Å². The maximum absolute atomic E-state index is 12.9. The third kappa shape index (κ3) is 13.1. The van der Waals surface area contributed by atoms with Gasteiger partial charge in [0.25, 0.3) is 0 Å². The number of oxazole rings is 1. The van der Waals surface area contributed by atoms with E-state index in [1.54, 1.807) is 17.3 Å². The van der Waals surface area contributed by atoms with Crippen LogP contribution in [0.5, 0.6) is 0 Å². The number of rotatable bonds is 17. The second-order valence-electron chi connectivity index (χ2n) is 13.0. The summed E-state index contributed by atoms with van der Waals surface area (Å²) in [5, 5.41) is 13.9. The van der Waals surface area contributed by atoms with Gasteiger partial charge in [0.2, 0.25) is 11.8 Å². The van der Waals surface area contributed by atoms with Gasteiger partial charge in [-0.05, 0) is 88.7 Å². The number of nitrogens with zero attached hydrogens (tertiary/aromatic N) is 4. The van der Waals surface area contributed by atoms with Crippen molar-refractivity contribution >= 4 is 17.4 Å². The topological polar surface area (TPSA) is 128 Å². The lowest BCUT2D eigenvalue weighted by atomic mass is 10.1. The summed E-state index contributed by atoms with van der Waals surface area (Å²) in [6.45, 7) is 9.39. The molecule has 52 heavy (non-hydrogen) atoms. The fourth-order valence-electron chi connectivity index (χ4n) is 5.70. The van der Waals surface area contributed by atoms with Crippen LogP contribution in [-0.2, 0) is 16.1 Å². The minimum absolute atomic E-state index is 0.0129. The molecule has 0 fully saturated rings. The first-order valence-corrected chi connectivity index (χ1v) is 17.8. The number of aromatic nitrogens is 3. The number of hydrogen-bond acceptors (Lipinski definition) is 8. The van der Waals surface area contributed by atoms with Gasteiger partial charge in [0.15, 0.2) is 11.5 Å². The molecule has 0 saturated carbocycles. The molecule has 1 unspecified atom stereocenters. The molecule has 3 N–H and O–H groups in total. The Morgan fingerprint density at radius 3 is 2.71 bits per heavy atom. The highest BCUT2D eigenvalue weighted by Crippen LogP contribution is 2.27. The third-order valence-electron chi connectivity index (χ3n) is 8.14. The van der Waals surface area contributed by atoms with Gasteiger partial charge in [-0.25, -0.2) is 9.97 Å². The van der Waals surface area contributed by atoms with Gasteiger partial charge in [-0.1, -0.05) is 61.1 Å². The highest BCUT2D eigenvalue weighted by molar-refractivity contribution is 5.83. The second-order valence-corrected chi connectivity index (χ2v) is 13.0. The molecule has 4 rings (SSSR count). The molecule has 0 aliphatic heterocycles. The van der Waals surface area contributed by atoms with E-state index in [-0.39, 0.29) is 18.2 Å². The summed E-state index contributed by atoms with van der Waals surface area (Å²) in [6, 6.07) is 13.2. The summed E-state index contributed by atoms with van der Waals surface area (Å²) < 4.78 is 6.18. The maximum atomic E-state index is 12.9. The molecule has 1 aromatic carbocycles. The summed E-state index contributed by atoms with van der Waals surface area (Å²) in [4.78, 5) is 41.8. The number of aliphatic hydroxyl groups is 1. The number of likely N-dealkylation sites (N-methyl/N-ethyl adjacent to an activating group) is 1. The van der Waals surface area contributed by atoms with Crippen LogP contribution in [0.3, 0.4) is 0 Å². The van der Waals surface area contributed by atoms with Gasteiger partial charge in [0, 0.05) is 48.1 Å². The number of anilines is 1. The van der Waals surface area contributed by atoms with Crippen LogP contribution in [0.2, 0.25) is 0 Å². The smallest absolute Gasteiger partial charge is 0.226 e. The minimum Gasteiger partial charge on any atom is -0.436 e. The second kappa shape index (κ2) is 20.5. The molecular formula is C42H52N6O4. The van der Waals surface area contributed by atoms with E-state index in [0.717, 1.165) is 46.6 Å². The van der Waals surface area contributed by atoms with Gasteiger partial charge in [-0.15, -0.1) is 0 Å². The number of H-pyrrole nitrogens is 1. The number of allylic oxidation sites excluding steroid dienone is 9. The van der Waals surface area contributed by atoms with Crippen molar-refractivity contribution in [2.24, 2.45) is 0 Å². The van der Waals surface area contributed by atoms with Crippen molar-refractivity contribution in [3.8, 4) is 22.8 Å². The lowest BCUT2D eigenvalue weighted by Crippen LogP contribution is -2.41. The molecule has 0 radical (unpaired) electrons. The molecule has 1 atom stereocenters. The summed E-state index contributed by atoms with van der Waals surface area (Å²) in [7, 11) is 1.91. The van der Waals surface area contributed by atoms with E-state index < -0.39 is 6.23 Å². The first kappa shape index (κ1) is 39.5. The number of ketones is 1. The lowest BCUT2D eigenvalue weighted by molar-refractivity contribution is -0.131. The number of aromatic amines is 1. The van der Waals surface area contributed by atoms with Crippen LogP contribution in [0.25, 0.3) is 22.8 Å². The van der Waals surface area contributed by atoms with Crippen molar-refractivity contribution < 1.29 is 19.1 Å². The Morgan fingerprint density at radius 2 is 1.94 bits per heavy atom. The molecule has 10 nitrogen and oxygen atoms in total. The fourth-order valence-corrected chi connectivity index (χ4v) is 5.70. The Labute approximate surface area is 307 Å². The van der Waals surface area contributed by atoms with Crippen LogP contribution in [0, 0.1) is 6.92 Å². The van der Waals surface area contributed by atoms with Crippen molar-refractivity contribution in [2.75, 3.05) is 32.0 Å². The normalized spacial score (nSPS) is 13.5. The van der Waals surface area contributed by atoms with Crippen molar-refractivity contribution in [3.05, 3.63) is 126 Å². The largest absolute Gasteiger partial charge is 0.436 e. The molecule has 1 aliphatic carbocycles. The maximum Gasteiger partial charge on any atom is 0.226 e. The zero-order valence-electron chi connectivity index (χ0n) is 31.0. The summed E-state index contributed by atoms with van der Waals surface area (Å²) in [5.41, 5.74) is 5.19. The van der Waals surface area contributed by atoms with Crippen LogP contribution < -0.4 is 5.32 Å². The van der Waals surface area contributed by atoms with Crippen molar-refractivity contribution in [1.82, 2.24) is 24.8 Å². The van der Waals surface area contributed by atoms with Crippen LogP contribution in [0.1, 0.15) is 58.0 Å². The van der Waals surface area contributed by atoms with Gasteiger partial charge >= 0.3 is 0 Å². The Hall–Kier alpha value is -5.32. The average Bonchev–Trinajstić information content (AvgIpc) is 3.49. The zero-order chi connectivity index (χ0) is 37.3. The zero-order valence-corrected chi connectivity index (χ0v) is 31.0. The molecule has 1 amide bonds. The molecule has 10 heteroatoms. The summed E-state index contributed by atoms with van der Waals surface area (Å²) in [5.74, 6) is 1.92. The van der Waals surface area contributed by atoms with E-state index in [4.69, 9.17) is 4.42 Å². The van der Waals surface area contributed by atoms with E-state index in [9.17, 15) is 14.7 Å². The predicted molar refractivity (Wildman–Crippen MR) is 209 cm³/mol. The molecule has 1 aliphatic rings. The Morgan fingerprint density at radius 1 is 1.13 bits per heavy atom. The monoisotopic (exact) mass is 704 g/mol. The van der Waals surface area contributed by atoms with Gasteiger partial charge in [-0.2, -0.15) is 0 Å². The minimum atomic E-state index is -0.932. The summed E-state index contributed by atoms with van der Waals surface area (Å²) >= 11 is 0. The number of hydrogen-bond donors (Lipinski definition) is 3. The number of Topliss-reactive ketones (excluding diaryl/α,β-unsaturated/α-hetero) is 1. The van der Waals surface area contributed by atoms with E-state index in [2.05, 4.69) is 32.4 Å². The number of nitrogens with one attached hydrogen (secondary N) is 2. The lowest BCUT2D eigenvalue weighted by Gasteiger charge is -2.26. The van der Waals surface area contributed by atoms with Crippen molar-refractivity contribution in [3.63, 3.8) is 0 Å². The van der Waals surface area contributed by atoms with Gasteiger partial charge in [0.1, 0.15) is 12.1 Å². The number of amides is 1. The van der Waals surface area contributed by atoms with Crippen molar-refractivity contribution in [2.45, 2.75) is 66.2 Å². The fraction of sp³-hybridized carbons (Fsp3) is 0.333. The van der Waals surface area contributed by atoms with Gasteiger partial charge in [0.05, 0.1) is 25.8 Å². The SMILES string of the molecule is C/C=C\C=C(/C)CC(=O)N(CCC)CC(O)Nc1ccc(-c2ncc(-c3cccnc(CN(C)CC(=O)CC4=CCC=CC=C4)[nH]c(C)c3)o2)cc1. The van der Waals surface area contributed by atoms with E-state index in [0.29, 0.717) is 49.8 Å². The molecule has 3 aromatic rings. The van der Waals surface area contributed by atoms with Crippen LogP contribution in [0.4, 0.5) is 5.69 Å². The van der Waals surface area contributed by atoms with Crippen LogP contribution in [-0.4, -0.2) is 74.5 Å². The molecule has 0 spiro atoms. The Balaban J connectivity index is 1.37. The van der Waals surface area contributed by atoms with E-state index >= 15 is 0 Å². The quantitative estimate of drug-likeness (QED) is 0.0957. The van der Waals surface area contributed by atoms with Gasteiger partial charge in [-0.3, -0.25) is 14.5 Å². The van der Waals surface area contributed by atoms with Crippen molar-refractivity contribution in [1.29, 1.82) is 0 Å². The van der Waals surface area contributed by atoms with Crippen LogP contribution >= 0.6 is 0 Å². The molecule has 2 aromatic heterocycles. The average molecular weight is 705 g/mol. The Bertz CT molecular complexity index is 1850. The van der Waals surface area contributed by atoms with E-state index in [1.165, 1.54) is 0 Å². The molecule has 2 heterocycles. The first-order chi connectivity index (χ1) is 25.1. The van der Waals surface area contributed by atoms with E-state index in [1.807, 2.05) is 119 Å². The number of carbonyl (C=O) groups is 2. The first-order valence-electron chi connectivity index (χ1n) is 17.8. The number of benzene rings is 1. The third-order valence-corrected chi connectivity index (χ3v) is 8.14. The number of aryl methyl sites for hydroxylation is 1. The predicted octanol–water partition coefficient (Wildman–Crippen LogP) is 7.88. The summed E-state index contributed by atoms with van der Waals surface area (Å²) in [6.07, 6.45) is 20.8. The number of carbonyl (C=O) groups excluding carboxylic acids is 2. The molecule has 0 saturated heterocycles. The van der Waals surface area contributed by atoms with Gasteiger partial charge < -0.3 is 24.7 Å². The number of aliphatic hydroxyl groups excluding tert-OH is 1. The molecule has 0 bridgehead atoms. The highest BCUT2D eigenvalue weighted by Gasteiger charge is 2.18. The highest BCUT2D eigenvalue weighted by atomic mass is 16.4.